The minimum absolute atomic E-state index is 0.0226. The molecule has 0 aromatic carbocycles. The zero-order chi connectivity index (χ0) is 14.4. The molecule has 1 aliphatic heterocycles. The average Bonchev–Trinajstić information content (AvgIpc) is 2.71. The van der Waals surface area contributed by atoms with Gasteiger partial charge in [-0.25, -0.2) is 0 Å². The Morgan fingerprint density at radius 2 is 2.11 bits per heavy atom. The summed E-state index contributed by atoms with van der Waals surface area (Å²) in [5.74, 6) is -0.231. The predicted molar refractivity (Wildman–Crippen MR) is 73.1 cm³/mol. The molecular formula is C12H20N2O4S. The molecule has 1 N–H and O–H groups in total. The van der Waals surface area contributed by atoms with Gasteiger partial charge in [0.25, 0.3) is 5.24 Å². The van der Waals surface area contributed by atoms with E-state index in [1.807, 2.05) is 13.8 Å². The van der Waals surface area contributed by atoms with Crippen LogP contribution in [-0.2, 0) is 9.59 Å². The number of carboxylic acids is 1. The van der Waals surface area contributed by atoms with Crippen LogP contribution in [0.5, 0.6) is 0 Å². The highest BCUT2D eigenvalue weighted by molar-refractivity contribution is 8.13. The summed E-state index contributed by atoms with van der Waals surface area (Å²) in [7, 11) is 0. The molecular weight excluding hydrogens is 268 g/mol. The number of amides is 2. The molecule has 108 valence electrons. The van der Waals surface area contributed by atoms with Crippen molar-refractivity contribution in [3.8, 4) is 0 Å². The maximum atomic E-state index is 12.0. The molecule has 0 saturated carbocycles. The lowest BCUT2D eigenvalue weighted by molar-refractivity contribution is -0.139. The van der Waals surface area contributed by atoms with Crippen LogP contribution < -0.4 is 0 Å². The number of carboxylic acid groups (broad SMARTS) is 1. The minimum atomic E-state index is -0.912. The van der Waals surface area contributed by atoms with Crippen LogP contribution in [0, 0.1) is 0 Å². The van der Waals surface area contributed by atoms with Crippen LogP contribution in [0.2, 0.25) is 0 Å². The van der Waals surface area contributed by atoms with Crippen molar-refractivity contribution in [3.05, 3.63) is 0 Å². The molecule has 0 bridgehead atoms. The summed E-state index contributed by atoms with van der Waals surface area (Å²) in [6, 6.07) is -0.0319. The van der Waals surface area contributed by atoms with Crippen LogP contribution in [0.1, 0.15) is 26.7 Å². The van der Waals surface area contributed by atoms with Crippen LogP contribution in [0.25, 0.3) is 0 Å². The zero-order valence-electron chi connectivity index (χ0n) is 11.3. The fourth-order valence-corrected chi connectivity index (χ4v) is 2.74. The fourth-order valence-electron chi connectivity index (χ4n) is 1.89. The second-order valence-electron chi connectivity index (χ2n) is 4.68. The third-order valence-electron chi connectivity index (χ3n) is 2.95. The van der Waals surface area contributed by atoms with Gasteiger partial charge in [-0.2, -0.15) is 0 Å². The Hall–Kier alpha value is -1.24. The number of hydrogen-bond donors (Lipinski definition) is 1. The van der Waals surface area contributed by atoms with Crippen LogP contribution in [0.3, 0.4) is 0 Å². The summed E-state index contributed by atoms with van der Waals surface area (Å²) in [5.41, 5.74) is 0. The highest BCUT2D eigenvalue weighted by Gasteiger charge is 2.23. The Bertz CT molecular complexity index is 360. The number of hydrogen-bond acceptors (Lipinski definition) is 4. The number of thioether (sulfide) groups is 1. The van der Waals surface area contributed by atoms with Crippen molar-refractivity contribution in [1.82, 2.24) is 9.80 Å². The van der Waals surface area contributed by atoms with Crippen molar-refractivity contribution in [2.45, 2.75) is 32.7 Å². The Morgan fingerprint density at radius 3 is 2.58 bits per heavy atom. The molecule has 0 atom stereocenters. The molecule has 1 rings (SSSR count). The molecule has 1 aliphatic rings. The van der Waals surface area contributed by atoms with Gasteiger partial charge in [-0.15, -0.1) is 0 Å². The van der Waals surface area contributed by atoms with E-state index in [1.54, 1.807) is 9.80 Å². The quantitative estimate of drug-likeness (QED) is 0.763. The highest BCUT2D eigenvalue weighted by Crippen LogP contribution is 2.17. The molecule has 1 fully saturated rings. The molecule has 0 spiro atoms. The number of rotatable bonds is 7. The summed E-state index contributed by atoms with van der Waals surface area (Å²) >= 11 is 1.27. The molecule has 0 aromatic rings. The van der Waals surface area contributed by atoms with Crippen molar-refractivity contribution < 1.29 is 19.5 Å². The van der Waals surface area contributed by atoms with Gasteiger partial charge in [0.05, 0.1) is 6.42 Å². The van der Waals surface area contributed by atoms with E-state index in [2.05, 4.69) is 0 Å². The lowest BCUT2D eigenvalue weighted by Gasteiger charge is -2.27. The molecule has 0 radical (unpaired) electrons. The second-order valence-corrected chi connectivity index (χ2v) is 5.72. The SMILES string of the molecule is CC(C)N(CCC(=O)O)C(=O)CCN1CCSC1=O. The molecule has 0 unspecified atom stereocenters. The van der Waals surface area contributed by atoms with Gasteiger partial charge in [0.2, 0.25) is 5.91 Å². The van der Waals surface area contributed by atoms with E-state index >= 15 is 0 Å². The first-order valence-electron chi connectivity index (χ1n) is 6.34. The summed E-state index contributed by atoms with van der Waals surface area (Å²) in [6.07, 6.45) is 0.201. The van der Waals surface area contributed by atoms with E-state index in [9.17, 15) is 14.4 Å². The van der Waals surface area contributed by atoms with E-state index in [4.69, 9.17) is 5.11 Å². The Kier molecular flexibility index (Phi) is 6.14. The first-order chi connectivity index (χ1) is 8.91. The number of nitrogens with zero attached hydrogens (tertiary/aromatic N) is 2. The van der Waals surface area contributed by atoms with Crippen molar-refractivity contribution in [3.63, 3.8) is 0 Å². The van der Waals surface area contributed by atoms with Crippen LogP contribution in [-0.4, -0.2) is 63.5 Å². The monoisotopic (exact) mass is 288 g/mol. The van der Waals surface area contributed by atoms with Gasteiger partial charge in [0.15, 0.2) is 0 Å². The van der Waals surface area contributed by atoms with Crippen molar-refractivity contribution in [2.75, 3.05) is 25.4 Å². The van der Waals surface area contributed by atoms with Gasteiger partial charge in [0.1, 0.15) is 0 Å². The smallest absolute Gasteiger partial charge is 0.305 e. The van der Waals surface area contributed by atoms with Gasteiger partial charge in [0, 0.05) is 37.8 Å². The van der Waals surface area contributed by atoms with Crippen LogP contribution >= 0.6 is 11.8 Å². The normalized spacial score (nSPS) is 15.1. The lowest BCUT2D eigenvalue weighted by atomic mass is 10.2. The Morgan fingerprint density at radius 1 is 1.42 bits per heavy atom. The van der Waals surface area contributed by atoms with E-state index in [0.717, 1.165) is 5.75 Å². The predicted octanol–water partition coefficient (Wildman–Crippen LogP) is 1.26. The summed E-state index contributed by atoms with van der Waals surface area (Å²) in [4.78, 5) is 37.2. The van der Waals surface area contributed by atoms with E-state index in [0.29, 0.717) is 13.1 Å². The lowest BCUT2D eigenvalue weighted by Crippen LogP contribution is -2.40. The second kappa shape index (κ2) is 7.37. The van der Waals surface area contributed by atoms with Crippen molar-refractivity contribution in [1.29, 1.82) is 0 Å². The first kappa shape index (κ1) is 15.8. The molecule has 2 amide bonds. The largest absolute Gasteiger partial charge is 0.481 e. The van der Waals surface area contributed by atoms with Crippen LogP contribution in [0.4, 0.5) is 4.79 Å². The minimum Gasteiger partial charge on any atom is -0.481 e. The van der Waals surface area contributed by atoms with E-state index in [1.165, 1.54) is 11.8 Å². The van der Waals surface area contributed by atoms with Crippen LogP contribution in [0.15, 0.2) is 0 Å². The van der Waals surface area contributed by atoms with Gasteiger partial charge >= 0.3 is 5.97 Å². The highest BCUT2D eigenvalue weighted by atomic mass is 32.2. The first-order valence-corrected chi connectivity index (χ1v) is 7.33. The maximum Gasteiger partial charge on any atom is 0.305 e. The molecule has 6 nitrogen and oxygen atoms in total. The topological polar surface area (TPSA) is 77.9 Å². The molecule has 0 aliphatic carbocycles. The number of carbonyl (C=O) groups excluding carboxylic acids is 2. The molecule has 1 saturated heterocycles. The Balaban J connectivity index is 2.43. The average molecular weight is 288 g/mol. The molecule has 0 aromatic heterocycles. The van der Waals surface area contributed by atoms with Crippen molar-refractivity contribution >= 4 is 28.9 Å². The number of aliphatic carboxylic acids is 1. The van der Waals surface area contributed by atoms with Gasteiger partial charge < -0.3 is 14.9 Å². The standard InChI is InChI=1S/C12H20N2O4S/c1-9(2)14(6-4-11(16)17)10(15)3-5-13-7-8-19-12(13)18/h9H,3-8H2,1-2H3,(H,16,17). The van der Waals surface area contributed by atoms with E-state index < -0.39 is 5.97 Å². The number of carbonyl (C=O) groups is 3. The molecule has 7 heteroatoms. The summed E-state index contributed by atoms with van der Waals surface area (Å²) in [6.45, 7) is 5.04. The fraction of sp³-hybridized carbons (Fsp3) is 0.750. The van der Waals surface area contributed by atoms with Gasteiger partial charge in [-0.05, 0) is 13.8 Å². The molecule has 1 heterocycles. The molecule has 19 heavy (non-hydrogen) atoms. The van der Waals surface area contributed by atoms with Crippen molar-refractivity contribution in [2.24, 2.45) is 0 Å². The van der Waals surface area contributed by atoms with Gasteiger partial charge in [-0.1, -0.05) is 11.8 Å². The third kappa shape index (κ3) is 5.10. The summed E-state index contributed by atoms with van der Waals surface area (Å²) < 4.78 is 0. The summed E-state index contributed by atoms with van der Waals surface area (Å²) in [5, 5.41) is 8.69. The van der Waals surface area contributed by atoms with E-state index in [-0.39, 0.29) is 36.6 Å². The zero-order valence-corrected chi connectivity index (χ0v) is 12.1. The van der Waals surface area contributed by atoms with Gasteiger partial charge in [-0.3, -0.25) is 14.4 Å². The Labute approximate surface area is 117 Å². The third-order valence-corrected chi connectivity index (χ3v) is 3.84. The maximum absolute atomic E-state index is 12.0.